The monoisotopic (exact) mass is 570 g/mol. The van der Waals surface area contributed by atoms with E-state index in [-0.39, 0.29) is 22.8 Å². The highest BCUT2D eigenvalue weighted by Crippen LogP contribution is 2.30. The van der Waals surface area contributed by atoms with Gasteiger partial charge in [-0.3, -0.25) is 14.5 Å². The molecule has 41 heavy (non-hydrogen) atoms. The number of para-hydroxylation sites is 1. The van der Waals surface area contributed by atoms with E-state index in [2.05, 4.69) is 10.4 Å². The molecule has 0 radical (unpaired) electrons. The van der Waals surface area contributed by atoms with Crippen LogP contribution in [0.2, 0.25) is 0 Å². The van der Waals surface area contributed by atoms with Crippen LogP contribution in [0.5, 0.6) is 11.5 Å². The minimum atomic E-state index is -4.96. The molecule has 0 aliphatic heterocycles. The van der Waals surface area contributed by atoms with Crippen molar-refractivity contribution in [3.63, 3.8) is 0 Å². The standard InChI is InChI=1S/C29H26F4N4O4/c1-28(2,3)36(18-19-10-6-4-7-11-19)27(39)41-37-24(17-25(35-37)29(31,32)33)26(38)34-23-16-21(14-15-22(23)30)40-20-12-8-5-9-13-20/h4-17H,18H2,1-3H3,(H,34,38). The van der Waals surface area contributed by atoms with Gasteiger partial charge in [0.15, 0.2) is 11.4 Å². The maximum absolute atomic E-state index is 14.6. The van der Waals surface area contributed by atoms with Crippen molar-refractivity contribution in [1.29, 1.82) is 0 Å². The number of hydrogen-bond acceptors (Lipinski definition) is 5. The summed E-state index contributed by atoms with van der Waals surface area (Å²) in [6.45, 7) is 5.20. The molecular weight excluding hydrogens is 544 g/mol. The number of nitrogens with one attached hydrogen (secondary N) is 1. The first-order valence-corrected chi connectivity index (χ1v) is 12.4. The molecule has 0 aliphatic rings. The molecule has 0 aliphatic carbocycles. The van der Waals surface area contributed by atoms with Crippen LogP contribution in [0, 0.1) is 5.82 Å². The number of halogens is 4. The van der Waals surface area contributed by atoms with E-state index in [1.807, 2.05) is 0 Å². The molecule has 0 saturated heterocycles. The second kappa shape index (κ2) is 11.7. The van der Waals surface area contributed by atoms with Crippen molar-refractivity contribution in [1.82, 2.24) is 14.8 Å². The van der Waals surface area contributed by atoms with E-state index < -0.39 is 40.9 Å². The smallest absolute Gasteiger partial charge is 0.436 e. The van der Waals surface area contributed by atoms with Gasteiger partial charge in [-0.25, -0.2) is 9.18 Å². The highest BCUT2D eigenvalue weighted by atomic mass is 19.4. The van der Waals surface area contributed by atoms with E-state index in [1.54, 1.807) is 81.4 Å². The van der Waals surface area contributed by atoms with Crippen molar-refractivity contribution < 1.29 is 36.7 Å². The van der Waals surface area contributed by atoms with Crippen molar-refractivity contribution in [3.05, 3.63) is 108 Å². The van der Waals surface area contributed by atoms with Crippen molar-refractivity contribution in [2.24, 2.45) is 0 Å². The molecule has 1 N–H and O–H groups in total. The Kier molecular flexibility index (Phi) is 8.31. The van der Waals surface area contributed by atoms with Crippen LogP contribution < -0.4 is 14.9 Å². The lowest BCUT2D eigenvalue weighted by atomic mass is 10.1. The fourth-order valence-electron chi connectivity index (χ4n) is 3.67. The Morgan fingerprint density at radius 2 is 1.54 bits per heavy atom. The number of amides is 2. The topological polar surface area (TPSA) is 85.7 Å². The summed E-state index contributed by atoms with van der Waals surface area (Å²) in [7, 11) is 0. The molecule has 0 saturated carbocycles. The van der Waals surface area contributed by atoms with Crippen molar-refractivity contribution in [3.8, 4) is 11.5 Å². The van der Waals surface area contributed by atoms with Gasteiger partial charge >= 0.3 is 12.3 Å². The van der Waals surface area contributed by atoms with Gasteiger partial charge in [-0.15, -0.1) is 5.10 Å². The Bertz CT molecular complexity index is 1520. The zero-order valence-electron chi connectivity index (χ0n) is 22.3. The summed E-state index contributed by atoms with van der Waals surface area (Å²) in [5.74, 6) is -1.48. The third kappa shape index (κ3) is 7.41. The van der Waals surface area contributed by atoms with Gasteiger partial charge in [0, 0.05) is 24.2 Å². The lowest BCUT2D eigenvalue weighted by molar-refractivity contribution is -0.142. The molecule has 1 heterocycles. The number of rotatable bonds is 7. The highest BCUT2D eigenvalue weighted by Gasteiger charge is 2.38. The Hall–Kier alpha value is -4.87. The molecule has 8 nitrogen and oxygen atoms in total. The van der Waals surface area contributed by atoms with Crippen molar-refractivity contribution in [2.75, 3.05) is 5.32 Å². The van der Waals surface area contributed by atoms with E-state index in [0.29, 0.717) is 11.8 Å². The average molecular weight is 571 g/mol. The fourth-order valence-corrected chi connectivity index (χ4v) is 3.67. The van der Waals surface area contributed by atoms with Crippen LogP contribution >= 0.6 is 0 Å². The SMILES string of the molecule is CC(C)(C)N(Cc1ccccc1)C(=O)On1nc(C(F)(F)F)cc1C(=O)Nc1cc(Oc2ccccc2)ccc1F. The average Bonchev–Trinajstić information content (AvgIpc) is 3.34. The number of carbonyl (C=O) groups excluding carboxylic acids is 2. The predicted octanol–water partition coefficient (Wildman–Crippen LogP) is 6.93. The third-order valence-corrected chi connectivity index (χ3v) is 5.74. The summed E-state index contributed by atoms with van der Waals surface area (Å²) >= 11 is 0. The minimum Gasteiger partial charge on any atom is -0.457 e. The Morgan fingerprint density at radius 1 is 0.902 bits per heavy atom. The molecule has 4 rings (SSSR count). The summed E-state index contributed by atoms with van der Waals surface area (Å²) in [5.41, 5.74) is -2.73. The lowest BCUT2D eigenvalue weighted by Crippen LogP contribution is -2.48. The molecule has 0 spiro atoms. The molecular formula is C29H26F4N4O4. The number of alkyl halides is 3. The first-order chi connectivity index (χ1) is 19.3. The van der Waals surface area contributed by atoms with Gasteiger partial charge in [0.1, 0.15) is 17.3 Å². The molecule has 0 bridgehead atoms. The molecule has 12 heteroatoms. The predicted molar refractivity (Wildman–Crippen MR) is 142 cm³/mol. The zero-order chi connectivity index (χ0) is 29.8. The summed E-state index contributed by atoms with van der Waals surface area (Å²) < 4.78 is 60.8. The first-order valence-electron chi connectivity index (χ1n) is 12.4. The number of carbonyl (C=O) groups is 2. The van der Waals surface area contributed by atoms with Gasteiger partial charge in [-0.1, -0.05) is 53.4 Å². The van der Waals surface area contributed by atoms with E-state index >= 15 is 0 Å². The van der Waals surface area contributed by atoms with Gasteiger partial charge in [-0.2, -0.15) is 13.2 Å². The molecule has 3 aromatic carbocycles. The van der Waals surface area contributed by atoms with Crippen LogP contribution in [0.25, 0.3) is 0 Å². The molecule has 0 atom stereocenters. The van der Waals surface area contributed by atoms with Crippen molar-refractivity contribution in [2.45, 2.75) is 39.0 Å². The van der Waals surface area contributed by atoms with Crippen LogP contribution in [-0.4, -0.2) is 32.4 Å². The zero-order valence-corrected chi connectivity index (χ0v) is 22.3. The largest absolute Gasteiger partial charge is 0.457 e. The van der Waals surface area contributed by atoms with Crippen LogP contribution in [0.1, 0.15) is 42.5 Å². The number of aromatic nitrogens is 2. The van der Waals surface area contributed by atoms with Crippen LogP contribution in [-0.2, 0) is 12.7 Å². The minimum absolute atomic E-state index is 0.0670. The number of nitrogens with zero attached hydrogens (tertiary/aromatic N) is 3. The quantitative estimate of drug-likeness (QED) is 0.244. The first kappa shape index (κ1) is 29.1. The fraction of sp³-hybridized carbons (Fsp3) is 0.207. The summed E-state index contributed by atoms with van der Waals surface area (Å²) in [6.07, 6.45) is -6.02. The van der Waals surface area contributed by atoms with Gasteiger partial charge in [0.2, 0.25) is 0 Å². The van der Waals surface area contributed by atoms with Gasteiger partial charge in [-0.05, 0) is 50.6 Å². The number of ether oxygens (including phenoxy) is 1. The van der Waals surface area contributed by atoms with E-state index in [4.69, 9.17) is 9.57 Å². The maximum atomic E-state index is 14.6. The van der Waals surface area contributed by atoms with Gasteiger partial charge in [0.05, 0.1) is 5.69 Å². The van der Waals surface area contributed by atoms with Crippen LogP contribution in [0.15, 0.2) is 84.9 Å². The van der Waals surface area contributed by atoms with Gasteiger partial charge in [0.25, 0.3) is 5.91 Å². The molecule has 214 valence electrons. The third-order valence-electron chi connectivity index (χ3n) is 5.74. The lowest BCUT2D eigenvalue weighted by Gasteiger charge is -2.34. The molecule has 2 amide bonds. The molecule has 0 unspecified atom stereocenters. The molecule has 0 fully saturated rings. The number of hydrogen-bond donors (Lipinski definition) is 1. The normalized spacial score (nSPS) is 11.6. The van der Waals surface area contributed by atoms with Gasteiger partial charge < -0.3 is 10.1 Å². The van der Waals surface area contributed by atoms with E-state index in [1.165, 1.54) is 17.0 Å². The highest BCUT2D eigenvalue weighted by molar-refractivity contribution is 6.03. The Morgan fingerprint density at radius 3 is 2.15 bits per heavy atom. The van der Waals surface area contributed by atoms with Crippen LogP contribution in [0.4, 0.5) is 28.0 Å². The molecule has 4 aromatic rings. The second-order valence-electron chi connectivity index (χ2n) is 9.90. The van der Waals surface area contributed by atoms with Crippen molar-refractivity contribution >= 4 is 17.7 Å². The summed E-state index contributed by atoms with van der Waals surface area (Å²) in [6, 6.07) is 21.3. The second-order valence-corrected chi connectivity index (χ2v) is 9.90. The van der Waals surface area contributed by atoms with E-state index in [0.717, 1.165) is 11.6 Å². The number of anilines is 1. The maximum Gasteiger partial charge on any atom is 0.436 e. The number of benzene rings is 3. The molecule has 1 aromatic heterocycles. The Labute approximate surface area is 233 Å². The van der Waals surface area contributed by atoms with E-state index in [9.17, 15) is 27.2 Å². The summed E-state index contributed by atoms with van der Waals surface area (Å²) in [5, 5.41) is 5.50. The van der Waals surface area contributed by atoms with Crippen LogP contribution in [0.3, 0.4) is 0 Å². The Balaban J connectivity index is 1.61. The summed E-state index contributed by atoms with van der Waals surface area (Å²) in [4.78, 5) is 32.9.